The number of methoxy groups -OCH3 is 2. The molecule has 4 heteroatoms. The third-order valence-electron chi connectivity index (χ3n) is 2.52. The summed E-state index contributed by atoms with van der Waals surface area (Å²) in [5.74, 6) is 0.445. The van der Waals surface area contributed by atoms with Crippen LogP contribution in [-0.2, 0) is 20.7 Å². The lowest BCUT2D eigenvalue weighted by Crippen LogP contribution is -2.26. The topological polar surface area (TPSA) is 44.8 Å². The average Bonchev–Trinajstić information content (AvgIpc) is 2.35. The quantitative estimate of drug-likeness (QED) is 0.768. The summed E-state index contributed by atoms with van der Waals surface area (Å²) in [6, 6.07) is 7.64. The van der Waals surface area contributed by atoms with Gasteiger partial charge in [-0.15, -0.1) is 0 Å². The van der Waals surface area contributed by atoms with Crippen LogP contribution in [-0.4, -0.2) is 31.9 Å². The van der Waals surface area contributed by atoms with E-state index in [-0.39, 0.29) is 11.6 Å². The summed E-state index contributed by atoms with van der Waals surface area (Å²) in [7, 11) is 2.85. The highest BCUT2D eigenvalue weighted by atomic mass is 16.6. The highest BCUT2D eigenvalue weighted by Crippen LogP contribution is 2.19. The Labute approximate surface area is 114 Å². The Hall–Kier alpha value is -1.55. The molecule has 0 fully saturated rings. The zero-order valence-corrected chi connectivity index (χ0v) is 12.2. The molecule has 0 radical (unpaired) electrons. The third-order valence-corrected chi connectivity index (χ3v) is 2.52. The number of hydrogen-bond acceptors (Lipinski definition) is 4. The SMILES string of the molecule is COC(=O)C(Cc1ccc(OC(C)(C)C)cc1)OC. The fourth-order valence-electron chi connectivity index (χ4n) is 1.66. The first-order chi connectivity index (χ1) is 8.85. The molecule has 0 saturated carbocycles. The maximum absolute atomic E-state index is 11.4. The number of benzene rings is 1. The Morgan fingerprint density at radius 3 is 2.16 bits per heavy atom. The smallest absolute Gasteiger partial charge is 0.335 e. The average molecular weight is 266 g/mol. The fraction of sp³-hybridized carbons (Fsp3) is 0.533. The summed E-state index contributed by atoms with van der Waals surface area (Å²) in [5, 5.41) is 0. The molecule has 0 heterocycles. The predicted molar refractivity (Wildman–Crippen MR) is 73.3 cm³/mol. The van der Waals surface area contributed by atoms with Gasteiger partial charge in [0.1, 0.15) is 11.4 Å². The van der Waals surface area contributed by atoms with Gasteiger partial charge in [0, 0.05) is 13.5 Å². The van der Waals surface area contributed by atoms with Crippen LogP contribution in [0.1, 0.15) is 26.3 Å². The molecule has 0 aromatic heterocycles. The minimum Gasteiger partial charge on any atom is -0.488 e. The van der Waals surface area contributed by atoms with Crippen molar-refractivity contribution in [2.24, 2.45) is 0 Å². The Balaban J connectivity index is 2.68. The molecule has 0 aliphatic heterocycles. The molecule has 106 valence electrons. The second-order valence-corrected chi connectivity index (χ2v) is 5.31. The molecule has 0 aliphatic rings. The van der Waals surface area contributed by atoms with E-state index >= 15 is 0 Å². The zero-order chi connectivity index (χ0) is 14.5. The van der Waals surface area contributed by atoms with Gasteiger partial charge >= 0.3 is 5.97 Å². The molecule has 1 rings (SSSR count). The van der Waals surface area contributed by atoms with Crippen LogP contribution in [0, 0.1) is 0 Å². The van der Waals surface area contributed by atoms with E-state index in [9.17, 15) is 4.79 Å². The van der Waals surface area contributed by atoms with Crippen LogP contribution in [0.3, 0.4) is 0 Å². The van der Waals surface area contributed by atoms with E-state index in [1.807, 2.05) is 45.0 Å². The normalized spacial score (nSPS) is 12.9. The Morgan fingerprint density at radius 2 is 1.74 bits per heavy atom. The molecule has 1 atom stereocenters. The number of ether oxygens (including phenoxy) is 3. The van der Waals surface area contributed by atoms with Crippen molar-refractivity contribution < 1.29 is 19.0 Å². The Morgan fingerprint density at radius 1 is 1.16 bits per heavy atom. The largest absolute Gasteiger partial charge is 0.488 e. The van der Waals surface area contributed by atoms with Crippen molar-refractivity contribution in [1.29, 1.82) is 0 Å². The maximum Gasteiger partial charge on any atom is 0.335 e. The Kier molecular flexibility index (Phi) is 5.36. The number of rotatable bonds is 5. The zero-order valence-electron chi connectivity index (χ0n) is 12.2. The summed E-state index contributed by atoms with van der Waals surface area (Å²) in [5.41, 5.74) is 0.779. The van der Waals surface area contributed by atoms with Gasteiger partial charge in [-0.1, -0.05) is 12.1 Å². The molecule has 1 aromatic rings. The molecule has 0 bridgehead atoms. The first-order valence-electron chi connectivity index (χ1n) is 6.24. The van der Waals surface area contributed by atoms with Crippen molar-refractivity contribution in [3.05, 3.63) is 29.8 Å². The molecular formula is C15H22O4. The number of carbonyl (C=O) groups excluding carboxylic acids is 1. The van der Waals surface area contributed by atoms with Crippen molar-refractivity contribution in [3.8, 4) is 5.75 Å². The van der Waals surface area contributed by atoms with E-state index in [0.717, 1.165) is 11.3 Å². The molecule has 4 nitrogen and oxygen atoms in total. The molecule has 1 aromatic carbocycles. The van der Waals surface area contributed by atoms with Gasteiger partial charge in [-0.05, 0) is 38.5 Å². The molecule has 0 N–H and O–H groups in total. The molecule has 0 spiro atoms. The van der Waals surface area contributed by atoms with E-state index in [0.29, 0.717) is 6.42 Å². The van der Waals surface area contributed by atoms with Gasteiger partial charge in [-0.25, -0.2) is 4.79 Å². The fourth-order valence-corrected chi connectivity index (χ4v) is 1.66. The highest BCUT2D eigenvalue weighted by molar-refractivity contribution is 5.74. The van der Waals surface area contributed by atoms with Gasteiger partial charge in [-0.2, -0.15) is 0 Å². The molecule has 1 unspecified atom stereocenters. The van der Waals surface area contributed by atoms with Crippen LogP contribution in [0.4, 0.5) is 0 Å². The summed E-state index contributed by atoms with van der Waals surface area (Å²) in [6.07, 6.45) is -0.0849. The summed E-state index contributed by atoms with van der Waals surface area (Å²) >= 11 is 0. The second-order valence-electron chi connectivity index (χ2n) is 5.31. The van der Waals surface area contributed by atoms with Crippen molar-refractivity contribution in [2.75, 3.05) is 14.2 Å². The monoisotopic (exact) mass is 266 g/mol. The standard InChI is InChI=1S/C15H22O4/c1-15(2,3)19-12-8-6-11(7-9-12)10-13(17-4)14(16)18-5/h6-9,13H,10H2,1-5H3. The lowest BCUT2D eigenvalue weighted by atomic mass is 10.1. The molecule has 0 saturated heterocycles. The molecule has 19 heavy (non-hydrogen) atoms. The first kappa shape index (κ1) is 15.5. The van der Waals surface area contributed by atoms with Crippen molar-refractivity contribution >= 4 is 5.97 Å². The van der Waals surface area contributed by atoms with Crippen LogP contribution in [0.15, 0.2) is 24.3 Å². The van der Waals surface area contributed by atoms with E-state index in [4.69, 9.17) is 9.47 Å². The summed E-state index contributed by atoms with van der Waals surface area (Å²) in [6.45, 7) is 6.00. The lowest BCUT2D eigenvalue weighted by molar-refractivity contribution is -0.152. The predicted octanol–water partition coefficient (Wildman–Crippen LogP) is 2.59. The van der Waals surface area contributed by atoms with Gasteiger partial charge in [-0.3, -0.25) is 0 Å². The van der Waals surface area contributed by atoms with Gasteiger partial charge in [0.05, 0.1) is 7.11 Å². The van der Waals surface area contributed by atoms with Gasteiger partial charge in [0.25, 0.3) is 0 Å². The van der Waals surface area contributed by atoms with E-state index in [2.05, 4.69) is 4.74 Å². The van der Waals surface area contributed by atoms with E-state index < -0.39 is 6.10 Å². The maximum atomic E-state index is 11.4. The van der Waals surface area contributed by atoms with Crippen LogP contribution in [0.5, 0.6) is 5.75 Å². The third kappa shape index (κ3) is 5.30. The van der Waals surface area contributed by atoms with Crippen molar-refractivity contribution in [3.63, 3.8) is 0 Å². The molecule has 0 amide bonds. The van der Waals surface area contributed by atoms with Gasteiger partial charge in [0.15, 0.2) is 6.10 Å². The van der Waals surface area contributed by atoms with Gasteiger partial charge in [0.2, 0.25) is 0 Å². The minimum absolute atomic E-state index is 0.220. The van der Waals surface area contributed by atoms with Crippen LogP contribution < -0.4 is 4.74 Å². The van der Waals surface area contributed by atoms with Crippen LogP contribution in [0.2, 0.25) is 0 Å². The lowest BCUT2D eigenvalue weighted by Gasteiger charge is -2.21. The summed E-state index contributed by atoms with van der Waals surface area (Å²) in [4.78, 5) is 11.4. The molecule has 0 aliphatic carbocycles. The second kappa shape index (κ2) is 6.57. The van der Waals surface area contributed by atoms with Crippen molar-refractivity contribution in [1.82, 2.24) is 0 Å². The number of carbonyl (C=O) groups is 1. The van der Waals surface area contributed by atoms with Crippen LogP contribution in [0.25, 0.3) is 0 Å². The van der Waals surface area contributed by atoms with Crippen molar-refractivity contribution in [2.45, 2.75) is 38.9 Å². The van der Waals surface area contributed by atoms with Gasteiger partial charge < -0.3 is 14.2 Å². The Bertz CT molecular complexity index is 403. The number of hydrogen-bond donors (Lipinski definition) is 0. The first-order valence-corrected chi connectivity index (χ1v) is 6.24. The summed E-state index contributed by atoms with van der Waals surface area (Å²) < 4.78 is 15.5. The van der Waals surface area contributed by atoms with E-state index in [1.165, 1.54) is 14.2 Å². The number of esters is 1. The highest BCUT2D eigenvalue weighted by Gasteiger charge is 2.19. The van der Waals surface area contributed by atoms with Crippen LogP contribution >= 0.6 is 0 Å². The van der Waals surface area contributed by atoms with E-state index in [1.54, 1.807) is 0 Å². The molecular weight excluding hydrogens is 244 g/mol. The minimum atomic E-state index is -0.570.